The maximum Gasteiger partial charge on any atom is 0.356 e. The lowest BCUT2D eigenvalue weighted by molar-refractivity contribution is -0.159. The van der Waals surface area contributed by atoms with Crippen molar-refractivity contribution in [1.82, 2.24) is 4.98 Å². The monoisotopic (exact) mass is 289 g/mol. The number of aromatic nitrogens is 1. The molecule has 0 fully saturated rings. The van der Waals surface area contributed by atoms with E-state index < -0.39 is 24.1 Å². The van der Waals surface area contributed by atoms with E-state index in [2.05, 4.69) is 9.72 Å². The molecule has 0 saturated heterocycles. The smallest absolute Gasteiger partial charge is 0.356 e. The highest BCUT2D eigenvalue weighted by atomic mass is 35.5. The Morgan fingerprint density at radius 1 is 1.47 bits per heavy atom. The second kappa shape index (κ2) is 6.46. The van der Waals surface area contributed by atoms with Gasteiger partial charge in [0.15, 0.2) is 11.8 Å². The van der Waals surface area contributed by atoms with E-state index in [-0.39, 0.29) is 22.9 Å². The van der Waals surface area contributed by atoms with E-state index >= 15 is 0 Å². The van der Waals surface area contributed by atoms with Crippen LogP contribution in [0.4, 0.5) is 0 Å². The van der Waals surface area contributed by atoms with Crippen molar-refractivity contribution in [2.75, 3.05) is 6.61 Å². The van der Waals surface area contributed by atoms with Crippen LogP contribution in [0.25, 0.3) is 0 Å². The van der Waals surface area contributed by atoms with Gasteiger partial charge in [0.25, 0.3) is 0 Å². The molecule has 1 heterocycles. The number of aromatic carboxylic acids is 1. The van der Waals surface area contributed by atoms with Crippen LogP contribution in [0.1, 0.15) is 29.1 Å². The quantitative estimate of drug-likeness (QED) is 0.671. The summed E-state index contributed by atoms with van der Waals surface area (Å²) in [5.74, 6) is -2.31. The molecule has 0 spiro atoms. The predicted molar refractivity (Wildman–Crippen MR) is 63.8 cm³/mol. The van der Waals surface area contributed by atoms with Crippen molar-refractivity contribution in [2.45, 2.75) is 19.1 Å². The Balaban J connectivity index is 2.94. The maximum absolute atomic E-state index is 11.2. The number of esters is 1. The number of hydrogen-bond acceptors (Lipinski definition) is 6. The van der Waals surface area contributed by atoms with Crippen LogP contribution in [0.15, 0.2) is 12.3 Å². The number of carboxylic acids is 1. The molecule has 0 radical (unpaired) electrons. The summed E-state index contributed by atoms with van der Waals surface area (Å²) in [6.07, 6.45) is -2.39. The minimum absolute atomic E-state index is 0.00977. The zero-order chi connectivity index (χ0) is 14.6. The molecule has 3 N–H and O–H groups in total. The molecule has 0 aliphatic rings. The predicted octanol–water partition coefficient (Wildman–Crippen LogP) is 0.391. The second-order valence-corrected chi connectivity index (χ2v) is 3.95. The van der Waals surface area contributed by atoms with Crippen molar-refractivity contribution >= 4 is 23.5 Å². The largest absolute Gasteiger partial charge is 0.476 e. The number of carbonyl (C=O) groups excluding carboxylic acids is 1. The highest BCUT2D eigenvalue weighted by Crippen LogP contribution is 2.22. The summed E-state index contributed by atoms with van der Waals surface area (Å²) in [5, 5.41) is 27.8. The van der Waals surface area contributed by atoms with E-state index in [1.165, 1.54) is 0 Å². The minimum atomic E-state index is -1.80. The Morgan fingerprint density at radius 3 is 2.58 bits per heavy atom. The van der Waals surface area contributed by atoms with Gasteiger partial charge >= 0.3 is 11.9 Å². The molecule has 1 aromatic heterocycles. The molecule has 8 heteroatoms. The van der Waals surface area contributed by atoms with Gasteiger partial charge < -0.3 is 20.1 Å². The third-order valence-corrected chi connectivity index (χ3v) is 2.52. The molecular weight excluding hydrogens is 278 g/mol. The molecule has 7 nitrogen and oxygen atoms in total. The van der Waals surface area contributed by atoms with Crippen LogP contribution in [0, 0.1) is 0 Å². The third-order valence-electron chi connectivity index (χ3n) is 2.23. The van der Waals surface area contributed by atoms with E-state index in [0.717, 1.165) is 12.3 Å². The van der Waals surface area contributed by atoms with E-state index in [4.69, 9.17) is 16.7 Å². The van der Waals surface area contributed by atoms with Crippen molar-refractivity contribution in [3.63, 3.8) is 0 Å². The molecule has 0 aliphatic heterocycles. The minimum Gasteiger partial charge on any atom is -0.476 e. The first kappa shape index (κ1) is 15.4. The lowest BCUT2D eigenvalue weighted by atomic mass is 10.1. The van der Waals surface area contributed by atoms with E-state index in [1.807, 2.05) is 0 Å². The van der Waals surface area contributed by atoms with E-state index in [1.54, 1.807) is 6.92 Å². The summed E-state index contributed by atoms with van der Waals surface area (Å²) >= 11 is 5.66. The Kier molecular flexibility index (Phi) is 5.22. The Morgan fingerprint density at radius 2 is 2.11 bits per heavy atom. The van der Waals surface area contributed by atoms with Crippen LogP contribution >= 0.6 is 11.6 Å². The normalized spacial score (nSPS) is 13.7. The lowest BCUT2D eigenvalue weighted by Gasteiger charge is -2.16. The molecule has 0 bridgehead atoms. The van der Waals surface area contributed by atoms with Crippen LogP contribution in [-0.2, 0) is 9.53 Å². The standard InChI is InChI=1S/C11H12ClNO6/c1-2-19-11(18)9(15)8(14)5-3-6(12)7(10(16)17)13-4-5/h3-4,8-9,14-15H,2H2,1H3,(H,16,17). The van der Waals surface area contributed by atoms with Crippen LogP contribution in [-0.4, -0.2) is 45.0 Å². The molecule has 19 heavy (non-hydrogen) atoms. The summed E-state index contributed by atoms with van der Waals surface area (Å²) in [6.45, 7) is 1.61. The topological polar surface area (TPSA) is 117 Å². The number of carboxylic acid groups (broad SMARTS) is 1. The number of carbonyl (C=O) groups is 2. The summed E-state index contributed by atoms with van der Waals surface area (Å²) < 4.78 is 4.54. The van der Waals surface area contributed by atoms with Crippen molar-refractivity contribution in [3.8, 4) is 0 Å². The van der Waals surface area contributed by atoms with E-state index in [0.29, 0.717) is 0 Å². The summed E-state index contributed by atoms with van der Waals surface area (Å²) in [5.41, 5.74) is -0.376. The first-order chi connectivity index (χ1) is 8.88. The lowest BCUT2D eigenvalue weighted by Crippen LogP contribution is -2.30. The highest BCUT2D eigenvalue weighted by Gasteiger charge is 2.28. The Bertz CT molecular complexity index is 492. The van der Waals surface area contributed by atoms with Gasteiger partial charge in [0.05, 0.1) is 11.6 Å². The highest BCUT2D eigenvalue weighted by molar-refractivity contribution is 6.33. The van der Waals surface area contributed by atoms with Gasteiger partial charge in [-0.3, -0.25) is 0 Å². The number of pyridine rings is 1. The second-order valence-electron chi connectivity index (χ2n) is 3.55. The number of rotatable bonds is 5. The van der Waals surface area contributed by atoms with Gasteiger partial charge in [-0.25, -0.2) is 14.6 Å². The molecule has 0 saturated carbocycles. The summed E-state index contributed by atoms with van der Waals surface area (Å²) in [6, 6.07) is 1.12. The fourth-order valence-electron chi connectivity index (χ4n) is 1.31. The molecule has 0 aliphatic carbocycles. The number of ether oxygens (including phenoxy) is 1. The van der Waals surface area contributed by atoms with Crippen molar-refractivity contribution in [2.24, 2.45) is 0 Å². The number of aliphatic hydroxyl groups excluding tert-OH is 2. The molecule has 1 rings (SSSR count). The first-order valence-corrected chi connectivity index (χ1v) is 5.67. The van der Waals surface area contributed by atoms with Crippen molar-refractivity contribution < 1.29 is 29.6 Å². The zero-order valence-electron chi connectivity index (χ0n) is 9.91. The number of nitrogens with zero attached hydrogens (tertiary/aromatic N) is 1. The molecule has 2 atom stereocenters. The van der Waals surface area contributed by atoms with Crippen LogP contribution < -0.4 is 0 Å². The number of hydrogen-bond donors (Lipinski definition) is 3. The zero-order valence-corrected chi connectivity index (χ0v) is 10.7. The van der Waals surface area contributed by atoms with Gasteiger partial charge in [-0.1, -0.05) is 11.6 Å². The molecule has 2 unspecified atom stereocenters. The van der Waals surface area contributed by atoms with Gasteiger partial charge in [-0.15, -0.1) is 0 Å². The molecule has 0 amide bonds. The van der Waals surface area contributed by atoms with Gasteiger partial charge in [-0.2, -0.15) is 0 Å². The maximum atomic E-state index is 11.2. The fraction of sp³-hybridized carbons (Fsp3) is 0.364. The van der Waals surface area contributed by atoms with Crippen molar-refractivity contribution in [3.05, 3.63) is 28.5 Å². The van der Waals surface area contributed by atoms with E-state index in [9.17, 15) is 19.8 Å². The van der Waals surface area contributed by atoms with Crippen molar-refractivity contribution in [1.29, 1.82) is 0 Å². The van der Waals surface area contributed by atoms with Gasteiger partial charge in [-0.05, 0) is 13.0 Å². The van der Waals surface area contributed by atoms with Crippen LogP contribution in [0.3, 0.4) is 0 Å². The molecule has 104 valence electrons. The van der Waals surface area contributed by atoms with Crippen LogP contribution in [0.5, 0.6) is 0 Å². The SMILES string of the molecule is CCOC(=O)C(O)C(O)c1cnc(C(=O)O)c(Cl)c1. The number of aliphatic hydroxyl groups is 2. The molecule has 1 aromatic rings. The summed E-state index contributed by atoms with van der Waals surface area (Å²) in [4.78, 5) is 25.5. The average molecular weight is 290 g/mol. The average Bonchev–Trinajstić information content (AvgIpc) is 2.36. The molecule has 0 aromatic carbocycles. The summed E-state index contributed by atoms with van der Waals surface area (Å²) in [7, 11) is 0. The van der Waals surface area contributed by atoms with Gasteiger partial charge in [0.1, 0.15) is 6.10 Å². The van der Waals surface area contributed by atoms with Crippen LogP contribution in [0.2, 0.25) is 5.02 Å². The first-order valence-electron chi connectivity index (χ1n) is 5.30. The Labute approximate surface area is 113 Å². The Hall–Kier alpha value is -1.70. The third kappa shape index (κ3) is 3.63. The molecular formula is C11H12ClNO6. The fourth-order valence-corrected chi connectivity index (χ4v) is 1.57. The van der Waals surface area contributed by atoms with Gasteiger partial charge in [0.2, 0.25) is 0 Å². The number of halogens is 1. The van der Waals surface area contributed by atoms with Gasteiger partial charge in [0, 0.05) is 11.8 Å².